The van der Waals surface area contributed by atoms with Crippen molar-refractivity contribution in [2.45, 2.75) is 13.0 Å². The fourth-order valence-electron chi connectivity index (χ4n) is 3.08. The second-order valence-electron chi connectivity index (χ2n) is 6.47. The van der Waals surface area contributed by atoms with Gasteiger partial charge in [0.2, 0.25) is 15.9 Å². The summed E-state index contributed by atoms with van der Waals surface area (Å²) in [6, 6.07) is 24.9. The van der Waals surface area contributed by atoms with Crippen LogP contribution in [0.2, 0.25) is 0 Å². The molecule has 6 heteroatoms. The topological polar surface area (TPSA) is 66.5 Å². The molecule has 1 N–H and O–H groups in total. The minimum Gasteiger partial charge on any atom is -0.324 e. The van der Waals surface area contributed by atoms with E-state index in [1.165, 1.54) is 0 Å². The van der Waals surface area contributed by atoms with E-state index in [4.69, 9.17) is 0 Å². The molecule has 0 saturated heterocycles. The summed E-state index contributed by atoms with van der Waals surface area (Å²) in [6.45, 7) is 1.58. The van der Waals surface area contributed by atoms with Crippen LogP contribution in [0, 0.1) is 0 Å². The Hall–Kier alpha value is -3.12. The molecule has 0 fully saturated rings. The third-order valence-electron chi connectivity index (χ3n) is 4.37. The first-order valence-electron chi connectivity index (χ1n) is 8.87. The fourth-order valence-corrected chi connectivity index (χ4v) is 4.26. The van der Waals surface area contributed by atoms with Gasteiger partial charge in [0.1, 0.15) is 6.04 Å². The summed E-state index contributed by atoms with van der Waals surface area (Å²) >= 11 is 0. The number of hydrogen-bond acceptors (Lipinski definition) is 3. The van der Waals surface area contributed by atoms with Gasteiger partial charge in [0.15, 0.2) is 0 Å². The van der Waals surface area contributed by atoms with Gasteiger partial charge in [-0.25, -0.2) is 8.42 Å². The smallest absolute Gasteiger partial charge is 0.248 e. The van der Waals surface area contributed by atoms with E-state index >= 15 is 0 Å². The molecule has 0 aliphatic heterocycles. The minimum absolute atomic E-state index is 0.405. The van der Waals surface area contributed by atoms with Gasteiger partial charge in [0.05, 0.1) is 11.9 Å². The van der Waals surface area contributed by atoms with Gasteiger partial charge in [-0.05, 0) is 30.7 Å². The highest BCUT2D eigenvalue weighted by atomic mass is 32.2. The molecule has 0 aliphatic rings. The molecule has 1 amide bonds. The number of nitrogens with zero attached hydrogens (tertiary/aromatic N) is 1. The van der Waals surface area contributed by atoms with Gasteiger partial charge in [-0.3, -0.25) is 9.10 Å². The number of amides is 1. The largest absolute Gasteiger partial charge is 0.324 e. The number of rotatable bonds is 6. The fraction of sp³-hybridized carbons (Fsp3) is 0.136. The van der Waals surface area contributed by atoms with Crippen molar-refractivity contribution in [3.8, 4) is 11.1 Å². The van der Waals surface area contributed by atoms with E-state index in [0.717, 1.165) is 21.7 Å². The first kappa shape index (κ1) is 19.6. The van der Waals surface area contributed by atoms with Gasteiger partial charge in [-0.1, -0.05) is 66.7 Å². The van der Waals surface area contributed by atoms with E-state index in [1.807, 2.05) is 48.5 Å². The van der Waals surface area contributed by atoms with Crippen LogP contribution in [0.5, 0.6) is 0 Å². The number of carbonyl (C=O) groups is 1. The number of nitrogens with one attached hydrogen (secondary N) is 1. The summed E-state index contributed by atoms with van der Waals surface area (Å²) in [6.07, 6.45) is 1.10. The molecule has 28 heavy (non-hydrogen) atoms. The third kappa shape index (κ3) is 4.40. The van der Waals surface area contributed by atoms with Gasteiger partial charge < -0.3 is 5.32 Å². The summed E-state index contributed by atoms with van der Waals surface area (Å²) in [5, 5.41) is 2.89. The first-order chi connectivity index (χ1) is 13.4. The number of para-hydroxylation sites is 2. The van der Waals surface area contributed by atoms with Crippen molar-refractivity contribution in [3.05, 3.63) is 84.9 Å². The highest BCUT2D eigenvalue weighted by Gasteiger charge is 2.29. The Balaban J connectivity index is 1.91. The second kappa shape index (κ2) is 8.27. The predicted octanol–water partition coefficient (Wildman–Crippen LogP) is 4.15. The van der Waals surface area contributed by atoms with Crippen LogP contribution < -0.4 is 9.62 Å². The number of carbonyl (C=O) groups excluding carboxylic acids is 1. The van der Waals surface area contributed by atoms with E-state index in [-0.39, 0.29) is 0 Å². The minimum atomic E-state index is -3.64. The summed E-state index contributed by atoms with van der Waals surface area (Å²) in [5.74, 6) is -0.405. The summed E-state index contributed by atoms with van der Waals surface area (Å²) in [4.78, 5) is 12.9. The molecule has 0 aliphatic carbocycles. The lowest BCUT2D eigenvalue weighted by Crippen LogP contribution is -2.45. The Kier molecular flexibility index (Phi) is 5.80. The molecule has 3 rings (SSSR count). The molecule has 5 nitrogen and oxygen atoms in total. The van der Waals surface area contributed by atoms with Crippen molar-refractivity contribution < 1.29 is 13.2 Å². The van der Waals surface area contributed by atoms with Crippen molar-refractivity contribution in [3.63, 3.8) is 0 Å². The Labute approximate surface area is 165 Å². The monoisotopic (exact) mass is 394 g/mol. The highest BCUT2D eigenvalue weighted by Crippen LogP contribution is 2.28. The predicted molar refractivity (Wildman–Crippen MR) is 114 cm³/mol. The molecule has 3 aromatic carbocycles. The van der Waals surface area contributed by atoms with Crippen LogP contribution in [-0.4, -0.2) is 26.6 Å². The molecule has 0 unspecified atom stereocenters. The first-order valence-corrected chi connectivity index (χ1v) is 10.7. The zero-order valence-electron chi connectivity index (χ0n) is 15.7. The van der Waals surface area contributed by atoms with E-state index < -0.39 is 22.0 Å². The van der Waals surface area contributed by atoms with Crippen LogP contribution in [0.15, 0.2) is 84.9 Å². The molecule has 0 saturated carbocycles. The molecule has 0 bridgehead atoms. The maximum atomic E-state index is 12.9. The van der Waals surface area contributed by atoms with Crippen LogP contribution in [0.25, 0.3) is 11.1 Å². The quantitative estimate of drug-likeness (QED) is 0.683. The highest BCUT2D eigenvalue weighted by molar-refractivity contribution is 7.92. The van der Waals surface area contributed by atoms with Gasteiger partial charge in [0.25, 0.3) is 0 Å². The van der Waals surface area contributed by atoms with Crippen molar-refractivity contribution in [1.29, 1.82) is 0 Å². The van der Waals surface area contributed by atoms with E-state index in [9.17, 15) is 13.2 Å². The molecule has 0 aromatic heterocycles. The lowest BCUT2D eigenvalue weighted by molar-refractivity contribution is -0.116. The lowest BCUT2D eigenvalue weighted by Gasteiger charge is -2.28. The van der Waals surface area contributed by atoms with Crippen molar-refractivity contribution in [1.82, 2.24) is 0 Å². The maximum Gasteiger partial charge on any atom is 0.248 e. The van der Waals surface area contributed by atoms with E-state index in [1.54, 1.807) is 43.3 Å². The average molecular weight is 394 g/mol. The number of hydrogen-bond donors (Lipinski definition) is 1. The van der Waals surface area contributed by atoms with Crippen LogP contribution in [0.3, 0.4) is 0 Å². The Bertz CT molecular complexity index is 1050. The van der Waals surface area contributed by atoms with Crippen LogP contribution >= 0.6 is 0 Å². The number of benzene rings is 3. The third-order valence-corrected chi connectivity index (χ3v) is 5.61. The Morgan fingerprint density at radius 2 is 1.39 bits per heavy atom. The molecular formula is C22H22N2O3S. The Morgan fingerprint density at radius 3 is 2.00 bits per heavy atom. The zero-order chi connectivity index (χ0) is 20.1. The maximum absolute atomic E-state index is 12.9. The molecule has 0 spiro atoms. The summed E-state index contributed by atoms with van der Waals surface area (Å²) < 4.78 is 25.9. The van der Waals surface area contributed by atoms with Crippen LogP contribution in [-0.2, 0) is 14.8 Å². The molecule has 3 aromatic rings. The van der Waals surface area contributed by atoms with Gasteiger partial charge in [-0.2, -0.15) is 0 Å². The van der Waals surface area contributed by atoms with Crippen molar-refractivity contribution >= 4 is 27.3 Å². The molecule has 0 heterocycles. The average Bonchev–Trinajstić information content (AvgIpc) is 2.69. The van der Waals surface area contributed by atoms with E-state index in [0.29, 0.717) is 11.4 Å². The zero-order valence-corrected chi connectivity index (χ0v) is 16.6. The SMILES string of the molecule is C[C@@H](C(=O)Nc1ccccc1-c1ccccc1)N(c1ccccc1)S(C)(=O)=O. The number of anilines is 2. The van der Waals surface area contributed by atoms with Crippen molar-refractivity contribution in [2.24, 2.45) is 0 Å². The number of sulfonamides is 1. The normalized spacial score (nSPS) is 12.2. The molecule has 144 valence electrons. The van der Waals surface area contributed by atoms with Crippen molar-refractivity contribution in [2.75, 3.05) is 15.9 Å². The van der Waals surface area contributed by atoms with Crippen LogP contribution in [0.4, 0.5) is 11.4 Å². The van der Waals surface area contributed by atoms with Gasteiger partial charge >= 0.3 is 0 Å². The van der Waals surface area contributed by atoms with E-state index in [2.05, 4.69) is 5.32 Å². The molecular weight excluding hydrogens is 372 g/mol. The molecule has 0 radical (unpaired) electrons. The lowest BCUT2D eigenvalue weighted by atomic mass is 10.0. The second-order valence-corrected chi connectivity index (χ2v) is 8.33. The standard InChI is InChI=1S/C22H22N2O3S/c1-17(24(28(2,26)27)19-13-7-4-8-14-19)22(25)23-21-16-10-9-15-20(21)18-11-5-3-6-12-18/h3-17H,1-2H3,(H,23,25)/t17-/m0/s1. The summed E-state index contributed by atoms with van der Waals surface area (Å²) in [5.41, 5.74) is 2.92. The molecule has 1 atom stereocenters. The van der Waals surface area contributed by atoms with Gasteiger partial charge in [-0.15, -0.1) is 0 Å². The Morgan fingerprint density at radius 1 is 0.857 bits per heavy atom. The van der Waals surface area contributed by atoms with Crippen LogP contribution in [0.1, 0.15) is 6.92 Å². The van der Waals surface area contributed by atoms with Gasteiger partial charge in [0, 0.05) is 11.3 Å². The summed E-state index contributed by atoms with van der Waals surface area (Å²) in [7, 11) is -3.64.